The molecule has 26 heavy (non-hydrogen) atoms. The Hall–Kier alpha value is -3.21. The summed E-state index contributed by atoms with van der Waals surface area (Å²) in [6.07, 6.45) is 3.19. The number of amides is 3. The van der Waals surface area contributed by atoms with E-state index in [9.17, 15) is 14.4 Å². The summed E-state index contributed by atoms with van der Waals surface area (Å²) in [6, 6.07) is 10.7. The molecule has 1 heterocycles. The van der Waals surface area contributed by atoms with E-state index in [1.807, 2.05) is 25.1 Å². The summed E-state index contributed by atoms with van der Waals surface area (Å²) in [5.41, 5.74) is 3.46. The van der Waals surface area contributed by atoms with Crippen LogP contribution in [0.15, 0.2) is 49.1 Å². The molecule has 0 fully saturated rings. The van der Waals surface area contributed by atoms with Crippen molar-refractivity contribution in [1.29, 1.82) is 0 Å². The van der Waals surface area contributed by atoms with E-state index in [1.54, 1.807) is 36.2 Å². The summed E-state index contributed by atoms with van der Waals surface area (Å²) in [6.45, 7) is 5.82. The zero-order chi connectivity index (χ0) is 18.8. The number of imide groups is 1. The lowest BCUT2D eigenvalue weighted by atomic mass is 9.98. The molecule has 0 saturated carbocycles. The molecular weight excluding hydrogens is 328 g/mol. The highest BCUT2D eigenvalue weighted by Gasteiger charge is 2.32. The minimum Gasteiger partial charge on any atom is -0.311 e. The molecule has 3 amide bonds. The molecule has 0 aliphatic carbocycles. The normalized spacial score (nSPS) is 12.5. The van der Waals surface area contributed by atoms with E-state index in [1.165, 1.54) is 0 Å². The van der Waals surface area contributed by atoms with Crippen LogP contribution in [0.3, 0.4) is 0 Å². The first kappa shape index (κ1) is 17.6. The van der Waals surface area contributed by atoms with Crippen molar-refractivity contribution in [2.45, 2.75) is 19.8 Å². The fraction of sp³-hybridized carbons (Fsp3) is 0.190. The number of allylic oxidation sites excluding steroid dienone is 1. The van der Waals surface area contributed by atoms with Gasteiger partial charge in [-0.25, -0.2) is 0 Å². The molecule has 0 spiro atoms. The van der Waals surface area contributed by atoms with E-state index in [2.05, 4.69) is 11.9 Å². The molecule has 1 aliphatic rings. The van der Waals surface area contributed by atoms with Gasteiger partial charge in [0.05, 0.1) is 22.4 Å². The first-order chi connectivity index (χ1) is 12.5. The van der Waals surface area contributed by atoms with Crippen LogP contribution in [0.25, 0.3) is 0 Å². The lowest BCUT2D eigenvalue weighted by molar-refractivity contribution is 0.0874. The number of fused-ring (bicyclic) bond motifs is 1. The van der Waals surface area contributed by atoms with Crippen molar-refractivity contribution in [1.82, 2.24) is 5.32 Å². The number of nitrogens with zero attached hydrogens (tertiary/aromatic N) is 1. The average molecular weight is 348 g/mol. The zero-order valence-electron chi connectivity index (χ0n) is 14.8. The maximum Gasteiger partial charge on any atom is 0.259 e. The number of carbonyl (C=O) groups excluding carboxylic acids is 3. The molecule has 0 saturated heterocycles. The van der Waals surface area contributed by atoms with Crippen LogP contribution in [-0.4, -0.2) is 24.8 Å². The summed E-state index contributed by atoms with van der Waals surface area (Å²) in [5.74, 6) is -1.32. The summed E-state index contributed by atoms with van der Waals surface area (Å²) >= 11 is 0. The SMILES string of the molecule is C=CCc1cccc(CC)c1N(C)C(=O)c1cccc2c1C(=O)NC2=O. The lowest BCUT2D eigenvalue weighted by Gasteiger charge is -2.24. The molecule has 2 aromatic carbocycles. The van der Waals surface area contributed by atoms with Gasteiger partial charge in [-0.2, -0.15) is 0 Å². The number of hydrogen-bond donors (Lipinski definition) is 1. The predicted octanol–water partition coefficient (Wildman–Crippen LogP) is 3.14. The maximum absolute atomic E-state index is 13.2. The van der Waals surface area contributed by atoms with Gasteiger partial charge in [-0.1, -0.05) is 37.3 Å². The highest BCUT2D eigenvalue weighted by Crippen LogP contribution is 2.29. The van der Waals surface area contributed by atoms with Gasteiger partial charge in [0.2, 0.25) is 0 Å². The molecule has 2 aromatic rings. The van der Waals surface area contributed by atoms with Gasteiger partial charge in [-0.15, -0.1) is 6.58 Å². The van der Waals surface area contributed by atoms with Crippen molar-refractivity contribution in [3.8, 4) is 0 Å². The third kappa shape index (κ3) is 2.81. The number of hydrogen-bond acceptors (Lipinski definition) is 3. The van der Waals surface area contributed by atoms with Crippen molar-refractivity contribution in [2.75, 3.05) is 11.9 Å². The van der Waals surface area contributed by atoms with Gasteiger partial charge in [0.25, 0.3) is 17.7 Å². The van der Waals surface area contributed by atoms with Crippen molar-refractivity contribution in [2.24, 2.45) is 0 Å². The van der Waals surface area contributed by atoms with Crippen molar-refractivity contribution in [3.63, 3.8) is 0 Å². The fourth-order valence-electron chi connectivity index (χ4n) is 3.36. The van der Waals surface area contributed by atoms with Crippen LogP contribution in [0.1, 0.15) is 49.1 Å². The van der Waals surface area contributed by atoms with Crippen LogP contribution in [-0.2, 0) is 12.8 Å². The van der Waals surface area contributed by atoms with E-state index in [0.717, 1.165) is 23.2 Å². The van der Waals surface area contributed by atoms with Crippen LogP contribution in [0.5, 0.6) is 0 Å². The molecule has 0 unspecified atom stereocenters. The number of para-hydroxylation sites is 1. The molecule has 132 valence electrons. The lowest BCUT2D eigenvalue weighted by Crippen LogP contribution is -2.30. The average Bonchev–Trinajstić information content (AvgIpc) is 2.95. The summed E-state index contributed by atoms with van der Waals surface area (Å²) in [5, 5.41) is 2.25. The van der Waals surface area contributed by atoms with Gasteiger partial charge in [0.15, 0.2) is 0 Å². The Kier molecular flexibility index (Phi) is 4.71. The van der Waals surface area contributed by atoms with Crippen LogP contribution in [0, 0.1) is 0 Å². The Morgan fingerprint density at radius 1 is 1.12 bits per heavy atom. The highest BCUT2D eigenvalue weighted by molar-refractivity contribution is 6.26. The molecule has 1 aliphatic heterocycles. The summed E-state index contributed by atoms with van der Waals surface area (Å²) < 4.78 is 0. The van der Waals surface area contributed by atoms with E-state index >= 15 is 0 Å². The molecule has 0 aromatic heterocycles. The van der Waals surface area contributed by atoms with Crippen LogP contribution >= 0.6 is 0 Å². The van der Waals surface area contributed by atoms with Gasteiger partial charge in [-0.05, 0) is 36.1 Å². The first-order valence-corrected chi connectivity index (χ1v) is 8.48. The second-order valence-electron chi connectivity index (χ2n) is 6.15. The van der Waals surface area contributed by atoms with E-state index in [-0.39, 0.29) is 22.6 Å². The molecule has 5 heteroatoms. The monoisotopic (exact) mass is 348 g/mol. The topological polar surface area (TPSA) is 66.5 Å². The molecule has 0 bridgehead atoms. The van der Waals surface area contributed by atoms with E-state index < -0.39 is 11.8 Å². The second kappa shape index (κ2) is 6.96. The summed E-state index contributed by atoms with van der Waals surface area (Å²) in [4.78, 5) is 38.7. The third-order valence-corrected chi connectivity index (χ3v) is 4.58. The Labute approximate surface area is 152 Å². The molecule has 1 N–H and O–H groups in total. The van der Waals surface area contributed by atoms with Gasteiger partial charge >= 0.3 is 0 Å². The molecule has 0 radical (unpaired) electrons. The van der Waals surface area contributed by atoms with E-state index in [4.69, 9.17) is 0 Å². The molecular formula is C21H20N2O3. The predicted molar refractivity (Wildman–Crippen MR) is 101 cm³/mol. The second-order valence-corrected chi connectivity index (χ2v) is 6.15. The fourth-order valence-corrected chi connectivity index (χ4v) is 3.36. The summed E-state index contributed by atoms with van der Waals surface area (Å²) in [7, 11) is 1.69. The van der Waals surface area contributed by atoms with Gasteiger partial charge < -0.3 is 4.90 Å². The van der Waals surface area contributed by atoms with Gasteiger partial charge in [0.1, 0.15) is 0 Å². The van der Waals surface area contributed by atoms with Crippen molar-refractivity contribution >= 4 is 23.4 Å². The Morgan fingerprint density at radius 3 is 2.50 bits per heavy atom. The number of aryl methyl sites for hydroxylation is 1. The number of anilines is 1. The molecule has 5 nitrogen and oxygen atoms in total. The van der Waals surface area contributed by atoms with Crippen LogP contribution in [0.2, 0.25) is 0 Å². The van der Waals surface area contributed by atoms with Gasteiger partial charge in [0, 0.05) is 7.05 Å². The third-order valence-electron chi connectivity index (χ3n) is 4.58. The highest BCUT2D eigenvalue weighted by atomic mass is 16.2. The Bertz CT molecular complexity index is 931. The molecule has 3 rings (SSSR count). The number of nitrogens with one attached hydrogen (secondary N) is 1. The number of rotatable bonds is 5. The minimum atomic E-state index is -0.530. The zero-order valence-corrected chi connectivity index (χ0v) is 14.8. The van der Waals surface area contributed by atoms with Crippen LogP contribution in [0.4, 0.5) is 5.69 Å². The quantitative estimate of drug-likeness (QED) is 0.667. The Balaban J connectivity index is 2.10. The maximum atomic E-state index is 13.2. The van der Waals surface area contributed by atoms with Crippen molar-refractivity contribution in [3.05, 3.63) is 76.9 Å². The number of benzene rings is 2. The largest absolute Gasteiger partial charge is 0.311 e. The van der Waals surface area contributed by atoms with Crippen LogP contribution < -0.4 is 10.2 Å². The standard InChI is InChI=1S/C21H20N2O3/c1-4-8-14-10-6-9-13(5-2)18(14)23(3)21(26)16-12-7-11-15-17(16)20(25)22-19(15)24/h4,6-7,9-12H,1,5,8H2,2-3H3,(H,22,24,25). The van der Waals surface area contributed by atoms with Gasteiger partial charge in [-0.3, -0.25) is 19.7 Å². The first-order valence-electron chi connectivity index (χ1n) is 8.48. The minimum absolute atomic E-state index is 0.147. The Morgan fingerprint density at radius 2 is 1.81 bits per heavy atom. The smallest absolute Gasteiger partial charge is 0.259 e. The van der Waals surface area contributed by atoms with Crippen molar-refractivity contribution < 1.29 is 14.4 Å². The number of carbonyl (C=O) groups is 3. The van der Waals surface area contributed by atoms with E-state index in [0.29, 0.717) is 6.42 Å². The molecule has 0 atom stereocenters.